The molecule has 0 aliphatic heterocycles. The smallest absolute Gasteiger partial charge is 0.454 e. The zero-order valence-electron chi connectivity index (χ0n) is 9.53. The number of rotatable bonds is 5. The van der Waals surface area contributed by atoms with E-state index in [-0.39, 0.29) is 19.6 Å². The van der Waals surface area contributed by atoms with Crippen LogP contribution in [-0.2, 0) is 16.1 Å². The van der Waals surface area contributed by atoms with Gasteiger partial charge in [0, 0.05) is 6.20 Å². The third-order valence-corrected chi connectivity index (χ3v) is 2.00. The molecule has 0 aliphatic rings. The highest BCUT2D eigenvalue weighted by molar-refractivity contribution is 5.99. The fourth-order valence-corrected chi connectivity index (χ4v) is 1.21. The van der Waals surface area contributed by atoms with Crippen LogP contribution in [0.2, 0.25) is 0 Å². The summed E-state index contributed by atoms with van der Waals surface area (Å²) >= 11 is 0. The highest BCUT2D eigenvalue weighted by Crippen LogP contribution is 2.20. The molecule has 1 heterocycles. The first-order valence-electron chi connectivity index (χ1n) is 5.14. The highest BCUT2D eigenvalue weighted by atomic mass is 19.4. The lowest BCUT2D eigenvalue weighted by molar-refractivity contribution is -0.143. The van der Waals surface area contributed by atoms with E-state index in [1.807, 2.05) is 0 Å². The van der Waals surface area contributed by atoms with Crippen LogP contribution in [0.5, 0.6) is 0 Å². The SMILES string of the molecule is CCOC(=O)CCn1cc(C(=O)C(F)(F)F)cn1. The van der Waals surface area contributed by atoms with Crippen LogP contribution in [-0.4, -0.2) is 34.3 Å². The lowest BCUT2D eigenvalue weighted by Gasteiger charge is -2.02. The number of Topliss-reactive ketones (excluding diaryl/α,β-unsaturated/α-hetero) is 1. The normalized spacial score (nSPS) is 11.3. The van der Waals surface area contributed by atoms with Crippen molar-refractivity contribution in [3.63, 3.8) is 0 Å². The second kappa shape index (κ2) is 5.65. The summed E-state index contributed by atoms with van der Waals surface area (Å²) in [7, 11) is 0. The third kappa shape index (κ3) is 3.86. The molecule has 1 aromatic rings. The summed E-state index contributed by atoms with van der Waals surface area (Å²) in [6.45, 7) is 1.94. The quantitative estimate of drug-likeness (QED) is 0.598. The number of nitrogens with zero attached hydrogens (tertiary/aromatic N) is 2. The Labute approximate surface area is 101 Å². The monoisotopic (exact) mass is 264 g/mol. The number of hydrogen-bond acceptors (Lipinski definition) is 4. The molecule has 18 heavy (non-hydrogen) atoms. The fraction of sp³-hybridized carbons (Fsp3) is 0.500. The zero-order valence-corrected chi connectivity index (χ0v) is 9.53. The number of aromatic nitrogens is 2. The summed E-state index contributed by atoms with van der Waals surface area (Å²) in [5, 5.41) is 3.57. The van der Waals surface area contributed by atoms with Gasteiger partial charge in [0.25, 0.3) is 5.78 Å². The highest BCUT2D eigenvalue weighted by Gasteiger charge is 2.39. The molecule has 1 aromatic heterocycles. The Kier molecular flexibility index (Phi) is 4.46. The van der Waals surface area contributed by atoms with Gasteiger partial charge in [-0.15, -0.1) is 0 Å². The van der Waals surface area contributed by atoms with Gasteiger partial charge in [0.2, 0.25) is 0 Å². The Hall–Kier alpha value is -1.86. The Morgan fingerprint density at radius 3 is 2.67 bits per heavy atom. The van der Waals surface area contributed by atoms with Crippen LogP contribution in [0.4, 0.5) is 13.2 Å². The van der Waals surface area contributed by atoms with Crippen molar-refractivity contribution in [1.29, 1.82) is 0 Å². The molecule has 0 aromatic carbocycles. The molecule has 0 radical (unpaired) electrons. The van der Waals surface area contributed by atoms with Gasteiger partial charge in [-0.05, 0) is 6.92 Å². The molecule has 0 spiro atoms. The second-order valence-corrected chi connectivity index (χ2v) is 3.37. The van der Waals surface area contributed by atoms with Crippen LogP contribution in [0.3, 0.4) is 0 Å². The molecule has 0 unspecified atom stereocenters. The number of ether oxygens (including phenoxy) is 1. The first kappa shape index (κ1) is 14.2. The Bertz CT molecular complexity index is 440. The molecular formula is C10H11F3N2O3. The van der Waals surface area contributed by atoms with E-state index < -0.39 is 23.5 Å². The molecule has 8 heteroatoms. The van der Waals surface area contributed by atoms with Gasteiger partial charge in [-0.2, -0.15) is 18.3 Å². The molecule has 0 amide bonds. The number of carbonyl (C=O) groups is 2. The van der Waals surface area contributed by atoms with E-state index in [0.717, 1.165) is 17.1 Å². The van der Waals surface area contributed by atoms with Crippen LogP contribution in [0, 0.1) is 0 Å². The standard InChI is InChI=1S/C10H11F3N2O3/c1-2-18-8(16)3-4-15-6-7(5-14-15)9(17)10(11,12)13/h5-6H,2-4H2,1H3. The van der Waals surface area contributed by atoms with Gasteiger partial charge in [0.1, 0.15) is 0 Å². The second-order valence-electron chi connectivity index (χ2n) is 3.37. The first-order valence-corrected chi connectivity index (χ1v) is 5.14. The maximum absolute atomic E-state index is 12.1. The van der Waals surface area contributed by atoms with Crippen molar-refractivity contribution in [3.8, 4) is 0 Å². The number of esters is 1. The molecule has 0 aliphatic carbocycles. The van der Waals surface area contributed by atoms with Crippen LogP contribution < -0.4 is 0 Å². The number of halogens is 3. The van der Waals surface area contributed by atoms with E-state index in [1.54, 1.807) is 6.92 Å². The average Bonchev–Trinajstić information content (AvgIpc) is 2.73. The summed E-state index contributed by atoms with van der Waals surface area (Å²) in [5.74, 6) is -2.43. The van der Waals surface area contributed by atoms with Crippen molar-refractivity contribution < 1.29 is 27.5 Å². The van der Waals surface area contributed by atoms with Gasteiger partial charge in [-0.25, -0.2) is 0 Å². The number of alkyl halides is 3. The number of carbonyl (C=O) groups excluding carboxylic acids is 2. The van der Waals surface area contributed by atoms with E-state index in [4.69, 9.17) is 0 Å². The molecule has 0 bridgehead atoms. The molecule has 0 saturated heterocycles. The van der Waals surface area contributed by atoms with Crippen molar-refractivity contribution in [1.82, 2.24) is 9.78 Å². The molecule has 5 nitrogen and oxygen atoms in total. The van der Waals surface area contributed by atoms with E-state index >= 15 is 0 Å². The van der Waals surface area contributed by atoms with Gasteiger partial charge < -0.3 is 4.74 Å². The molecule has 0 fully saturated rings. The molecule has 1 rings (SSSR count). The number of aryl methyl sites for hydroxylation is 1. The third-order valence-electron chi connectivity index (χ3n) is 2.00. The Morgan fingerprint density at radius 2 is 2.11 bits per heavy atom. The average molecular weight is 264 g/mol. The lowest BCUT2D eigenvalue weighted by atomic mass is 10.2. The van der Waals surface area contributed by atoms with Gasteiger partial charge in [0.15, 0.2) is 0 Å². The molecular weight excluding hydrogens is 253 g/mol. The molecule has 0 atom stereocenters. The van der Waals surface area contributed by atoms with Gasteiger partial charge in [-0.1, -0.05) is 0 Å². The van der Waals surface area contributed by atoms with Gasteiger partial charge in [0.05, 0.1) is 31.3 Å². The van der Waals surface area contributed by atoms with Crippen molar-refractivity contribution in [2.75, 3.05) is 6.61 Å². The van der Waals surface area contributed by atoms with Crippen LogP contribution in [0.1, 0.15) is 23.7 Å². The molecule has 100 valence electrons. The van der Waals surface area contributed by atoms with E-state index in [2.05, 4.69) is 9.84 Å². The van der Waals surface area contributed by atoms with Crippen molar-refractivity contribution in [2.24, 2.45) is 0 Å². The van der Waals surface area contributed by atoms with E-state index in [1.165, 1.54) is 0 Å². The van der Waals surface area contributed by atoms with Crippen molar-refractivity contribution in [3.05, 3.63) is 18.0 Å². The van der Waals surface area contributed by atoms with Crippen molar-refractivity contribution in [2.45, 2.75) is 26.1 Å². The predicted molar refractivity (Wildman–Crippen MR) is 53.9 cm³/mol. The summed E-state index contributed by atoms with van der Waals surface area (Å²) in [6, 6.07) is 0. The van der Waals surface area contributed by atoms with Gasteiger partial charge in [-0.3, -0.25) is 14.3 Å². The topological polar surface area (TPSA) is 61.2 Å². The minimum absolute atomic E-state index is 0.0187. The number of ketones is 1. The Balaban J connectivity index is 2.59. The molecule has 0 saturated carbocycles. The summed E-state index contributed by atoms with van der Waals surface area (Å²) < 4.78 is 42.0. The van der Waals surface area contributed by atoms with Gasteiger partial charge >= 0.3 is 12.1 Å². The predicted octanol–water partition coefficient (Wildman–Crippen LogP) is 1.58. The largest absolute Gasteiger partial charge is 0.466 e. The number of hydrogen-bond donors (Lipinski definition) is 0. The maximum atomic E-state index is 12.1. The zero-order chi connectivity index (χ0) is 13.8. The summed E-state index contributed by atoms with van der Waals surface area (Å²) in [6.07, 6.45) is -3.17. The van der Waals surface area contributed by atoms with E-state index in [9.17, 15) is 22.8 Å². The summed E-state index contributed by atoms with van der Waals surface area (Å²) in [4.78, 5) is 21.9. The Morgan fingerprint density at radius 1 is 1.44 bits per heavy atom. The van der Waals surface area contributed by atoms with Crippen LogP contribution in [0.15, 0.2) is 12.4 Å². The summed E-state index contributed by atoms with van der Waals surface area (Å²) in [5.41, 5.74) is -0.550. The van der Waals surface area contributed by atoms with Crippen LogP contribution >= 0.6 is 0 Å². The maximum Gasteiger partial charge on any atom is 0.454 e. The van der Waals surface area contributed by atoms with Crippen LogP contribution in [0.25, 0.3) is 0 Å². The molecule has 0 N–H and O–H groups in total. The minimum atomic E-state index is -4.92. The lowest BCUT2D eigenvalue weighted by Crippen LogP contribution is -2.22. The van der Waals surface area contributed by atoms with E-state index in [0.29, 0.717) is 0 Å². The minimum Gasteiger partial charge on any atom is -0.466 e. The first-order chi connectivity index (χ1) is 8.34. The van der Waals surface area contributed by atoms with Crippen molar-refractivity contribution >= 4 is 11.8 Å². The fourth-order valence-electron chi connectivity index (χ4n) is 1.21.